The van der Waals surface area contributed by atoms with Gasteiger partial charge in [-0.1, -0.05) is 23.8 Å². The third-order valence-electron chi connectivity index (χ3n) is 5.34. The van der Waals surface area contributed by atoms with Crippen molar-refractivity contribution in [2.45, 2.75) is 13.8 Å². The summed E-state index contributed by atoms with van der Waals surface area (Å²) in [6, 6.07) is 13.8. The first-order valence-corrected chi connectivity index (χ1v) is 9.90. The van der Waals surface area contributed by atoms with Gasteiger partial charge in [-0.05, 0) is 37.3 Å². The van der Waals surface area contributed by atoms with Gasteiger partial charge in [0.05, 0.1) is 11.3 Å². The molecule has 2 amide bonds. The summed E-state index contributed by atoms with van der Waals surface area (Å²) in [5.74, 6) is -0.431. The largest absolute Gasteiger partial charge is 0.339 e. The predicted molar refractivity (Wildman–Crippen MR) is 112 cm³/mol. The summed E-state index contributed by atoms with van der Waals surface area (Å²) in [7, 11) is 0. The molecular formula is C23H23FN4O2. The SMILES string of the molecule is CC(=O)N1CCN(C(=O)c2cn(-c3ccc(F)cc3)nc2-c2cccc(C)c2)CC1. The van der Waals surface area contributed by atoms with Crippen LogP contribution in [0.3, 0.4) is 0 Å². The monoisotopic (exact) mass is 406 g/mol. The number of amides is 2. The van der Waals surface area contributed by atoms with E-state index in [1.54, 1.807) is 39.7 Å². The fourth-order valence-electron chi connectivity index (χ4n) is 3.66. The molecule has 1 saturated heterocycles. The summed E-state index contributed by atoms with van der Waals surface area (Å²) in [5, 5.41) is 4.66. The van der Waals surface area contributed by atoms with Gasteiger partial charge in [-0.3, -0.25) is 9.59 Å². The number of benzene rings is 2. The average molecular weight is 406 g/mol. The molecule has 1 aliphatic heterocycles. The Kier molecular flexibility index (Phi) is 5.35. The number of hydrogen-bond donors (Lipinski definition) is 0. The zero-order valence-electron chi connectivity index (χ0n) is 17.0. The third-order valence-corrected chi connectivity index (χ3v) is 5.34. The fourth-order valence-corrected chi connectivity index (χ4v) is 3.66. The van der Waals surface area contributed by atoms with Crippen LogP contribution >= 0.6 is 0 Å². The standard InChI is InChI=1S/C23H23FN4O2/c1-16-4-3-5-18(14-16)22-21(15-28(25-22)20-8-6-19(24)7-9-20)23(30)27-12-10-26(11-13-27)17(2)29/h3-9,14-15H,10-13H2,1-2H3. The highest BCUT2D eigenvalue weighted by Gasteiger charge is 2.27. The van der Waals surface area contributed by atoms with E-state index in [1.807, 2.05) is 31.2 Å². The minimum absolute atomic E-state index is 0.0201. The van der Waals surface area contributed by atoms with Crippen molar-refractivity contribution in [1.82, 2.24) is 19.6 Å². The van der Waals surface area contributed by atoms with Crippen molar-refractivity contribution in [2.24, 2.45) is 0 Å². The van der Waals surface area contributed by atoms with E-state index in [0.717, 1.165) is 11.1 Å². The van der Waals surface area contributed by atoms with Crippen LogP contribution in [0.2, 0.25) is 0 Å². The Morgan fingerprint density at radius 3 is 2.27 bits per heavy atom. The van der Waals surface area contributed by atoms with E-state index in [0.29, 0.717) is 43.1 Å². The third kappa shape index (κ3) is 3.96. The van der Waals surface area contributed by atoms with E-state index < -0.39 is 0 Å². The maximum Gasteiger partial charge on any atom is 0.257 e. The van der Waals surface area contributed by atoms with Gasteiger partial charge in [-0.25, -0.2) is 9.07 Å². The van der Waals surface area contributed by atoms with Crippen LogP contribution in [0.5, 0.6) is 0 Å². The number of rotatable bonds is 3. The van der Waals surface area contributed by atoms with Crippen molar-refractivity contribution in [1.29, 1.82) is 0 Å². The maximum absolute atomic E-state index is 13.4. The van der Waals surface area contributed by atoms with Crippen LogP contribution in [0, 0.1) is 12.7 Å². The second-order valence-corrected chi connectivity index (χ2v) is 7.48. The molecule has 30 heavy (non-hydrogen) atoms. The van der Waals surface area contributed by atoms with Crippen molar-refractivity contribution in [2.75, 3.05) is 26.2 Å². The van der Waals surface area contributed by atoms with Gasteiger partial charge >= 0.3 is 0 Å². The van der Waals surface area contributed by atoms with Crippen LogP contribution in [0.15, 0.2) is 54.7 Å². The van der Waals surface area contributed by atoms with Gasteiger partial charge in [0.25, 0.3) is 5.91 Å². The minimum atomic E-state index is -0.329. The maximum atomic E-state index is 13.4. The quantitative estimate of drug-likeness (QED) is 0.671. The zero-order valence-corrected chi connectivity index (χ0v) is 17.0. The molecular weight excluding hydrogens is 383 g/mol. The van der Waals surface area contributed by atoms with Gasteiger partial charge in [-0.2, -0.15) is 5.10 Å². The lowest BCUT2D eigenvalue weighted by Crippen LogP contribution is -2.50. The molecule has 2 aromatic carbocycles. The summed E-state index contributed by atoms with van der Waals surface area (Å²) in [6.45, 7) is 5.53. The molecule has 0 unspecified atom stereocenters. The molecule has 0 aliphatic carbocycles. The van der Waals surface area contributed by atoms with E-state index >= 15 is 0 Å². The minimum Gasteiger partial charge on any atom is -0.339 e. The lowest BCUT2D eigenvalue weighted by atomic mass is 10.0. The molecule has 3 aromatic rings. The number of aryl methyl sites for hydroxylation is 1. The highest BCUT2D eigenvalue weighted by molar-refractivity contribution is 6.00. The number of hydrogen-bond acceptors (Lipinski definition) is 3. The van der Waals surface area contributed by atoms with E-state index in [1.165, 1.54) is 12.1 Å². The Balaban J connectivity index is 1.71. The molecule has 6 nitrogen and oxygen atoms in total. The lowest BCUT2D eigenvalue weighted by Gasteiger charge is -2.34. The average Bonchev–Trinajstić information content (AvgIpc) is 3.19. The fraction of sp³-hybridized carbons (Fsp3) is 0.261. The van der Waals surface area contributed by atoms with Crippen LogP contribution in [-0.2, 0) is 4.79 Å². The van der Waals surface area contributed by atoms with Gasteiger partial charge in [0.1, 0.15) is 11.5 Å². The molecule has 7 heteroatoms. The first kappa shape index (κ1) is 19.8. The summed E-state index contributed by atoms with van der Waals surface area (Å²) in [4.78, 5) is 28.4. The number of aromatic nitrogens is 2. The summed E-state index contributed by atoms with van der Waals surface area (Å²) in [6.07, 6.45) is 1.70. The van der Waals surface area contributed by atoms with Crippen LogP contribution in [0.1, 0.15) is 22.8 Å². The molecule has 4 rings (SSSR count). The van der Waals surface area contributed by atoms with Crippen LogP contribution in [0.4, 0.5) is 4.39 Å². The molecule has 2 heterocycles. The van der Waals surface area contributed by atoms with Gasteiger partial charge in [0.2, 0.25) is 5.91 Å². The number of carbonyl (C=O) groups excluding carboxylic acids is 2. The predicted octanol–water partition coefficient (Wildman–Crippen LogP) is 3.29. The smallest absolute Gasteiger partial charge is 0.257 e. The highest BCUT2D eigenvalue weighted by atomic mass is 19.1. The number of halogens is 1. The molecule has 0 spiro atoms. The van der Waals surface area contributed by atoms with Crippen molar-refractivity contribution < 1.29 is 14.0 Å². The molecule has 0 atom stereocenters. The van der Waals surface area contributed by atoms with E-state index in [2.05, 4.69) is 5.10 Å². The molecule has 0 bridgehead atoms. The molecule has 1 aromatic heterocycles. The van der Waals surface area contributed by atoms with Crippen LogP contribution in [0.25, 0.3) is 16.9 Å². The van der Waals surface area contributed by atoms with E-state index in [-0.39, 0.29) is 17.6 Å². The van der Waals surface area contributed by atoms with Gasteiger partial charge in [0, 0.05) is 44.9 Å². The first-order valence-electron chi connectivity index (χ1n) is 9.90. The van der Waals surface area contributed by atoms with Gasteiger partial charge in [0.15, 0.2) is 0 Å². The second kappa shape index (κ2) is 8.10. The molecule has 0 saturated carbocycles. The molecule has 1 aliphatic rings. The second-order valence-electron chi connectivity index (χ2n) is 7.48. The van der Waals surface area contributed by atoms with Crippen LogP contribution in [-0.4, -0.2) is 57.6 Å². The number of carbonyl (C=O) groups is 2. The highest BCUT2D eigenvalue weighted by Crippen LogP contribution is 2.26. The van der Waals surface area contributed by atoms with Crippen molar-refractivity contribution in [3.63, 3.8) is 0 Å². The molecule has 154 valence electrons. The molecule has 1 fully saturated rings. The molecule has 0 N–H and O–H groups in total. The lowest BCUT2D eigenvalue weighted by molar-refractivity contribution is -0.130. The normalized spacial score (nSPS) is 14.1. The topological polar surface area (TPSA) is 58.4 Å². The van der Waals surface area contributed by atoms with Crippen molar-refractivity contribution >= 4 is 11.8 Å². The Morgan fingerprint density at radius 2 is 1.63 bits per heavy atom. The van der Waals surface area contributed by atoms with Crippen molar-refractivity contribution in [3.8, 4) is 16.9 Å². The van der Waals surface area contributed by atoms with Gasteiger partial charge < -0.3 is 9.80 Å². The Morgan fingerprint density at radius 1 is 0.967 bits per heavy atom. The van der Waals surface area contributed by atoms with E-state index in [4.69, 9.17) is 0 Å². The summed E-state index contributed by atoms with van der Waals surface area (Å²) < 4.78 is 14.9. The molecule has 0 radical (unpaired) electrons. The first-order chi connectivity index (χ1) is 14.4. The Bertz CT molecular complexity index is 1080. The van der Waals surface area contributed by atoms with E-state index in [9.17, 15) is 14.0 Å². The summed E-state index contributed by atoms with van der Waals surface area (Å²) in [5.41, 5.74) is 3.66. The van der Waals surface area contributed by atoms with Crippen LogP contribution < -0.4 is 0 Å². The Hall–Kier alpha value is -3.48. The zero-order chi connectivity index (χ0) is 21.3. The number of piperazine rings is 1. The number of nitrogens with zero attached hydrogens (tertiary/aromatic N) is 4. The summed E-state index contributed by atoms with van der Waals surface area (Å²) >= 11 is 0. The Labute approximate surface area is 174 Å². The van der Waals surface area contributed by atoms with Gasteiger partial charge in [-0.15, -0.1) is 0 Å². The van der Waals surface area contributed by atoms with Crippen molar-refractivity contribution in [3.05, 3.63) is 71.7 Å².